The minimum absolute atomic E-state index is 0. The maximum Gasteiger partial charge on any atom is 0.0459 e. The molecule has 1 saturated heterocycles. The van der Waals surface area contributed by atoms with Gasteiger partial charge < -0.3 is 9.88 Å². The van der Waals surface area contributed by atoms with E-state index in [0.29, 0.717) is 6.04 Å². The molecule has 4 rings (SSSR count). The largest absolute Gasteiger partial charge is 0.361 e. The van der Waals surface area contributed by atoms with Gasteiger partial charge in [-0.1, -0.05) is 12.1 Å². The van der Waals surface area contributed by atoms with Crippen molar-refractivity contribution in [3.8, 4) is 0 Å². The van der Waals surface area contributed by atoms with E-state index < -0.39 is 0 Å². The molecule has 2 heterocycles. The molecule has 1 fully saturated rings. The number of likely N-dealkylation sites (tertiary alicyclic amines) is 1. The number of H-pyrrole nitrogens is 1. The number of nitrogens with zero attached hydrogens (tertiary/aromatic N) is 1. The fourth-order valence-corrected chi connectivity index (χ4v) is 5.12. The Labute approximate surface area is 137 Å². The van der Waals surface area contributed by atoms with E-state index in [0.717, 1.165) is 11.8 Å². The lowest BCUT2D eigenvalue weighted by Gasteiger charge is -2.45. The highest BCUT2D eigenvalue weighted by atomic mass is 35.5. The van der Waals surface area contributed by atoms with E-state index >= 15 is 0 Å². The number of thioether (sulfide) groups is 1. The number of aromatic nitrogens is 1. The first-order chi connectivity index (χ1) is 9.78. The predicted molar refractivity (Wildman–Crippen MR) is 94.9 cm³/mol. The van der Waals surface area contributed by atoms with Gasteiger partial charge in [0.15, 0.2) is 0 Å². The minimum Gasteiger partial charge on any atom is -0.361 e. The van der Waals surface area contributed by atoms with Crippen LogP contribution in [0.3, 0.4) is 0 Å². The zero-order valence-electron chi connectivity index (χ0n) is 12.6. The Bertz CT molecular complexity index is 639. The first-order valence-corrected chi connectivity index (χ1v) is 8.95. The van der Waals surface area contributed by atoms with Crippen molar-refractivity contribution >= 4 is 35.1 Å². The molecule has 2 aliphatic rings. The molecule has 0 radical (unpaired) electrons. The van der Waals surface area contributed by atoms with Crippen LogP contribution in [0, 0.1) is 5.92 Å². The summed E-state index contributed by atoms with van der Waals surface area (Å²) in [5.41, 5.74) is 4.44. The topological polar surface area (TPSA) is 19.0 Å². The van der Waals surface area contributed by atoms with Crippen molar-refractivity contribution in [3.05, 3.63) is 35.5 Å². The molecule has 1 aromatic heterocycles. The molecule has 0 bridgehead atoms. The van der Waals surface area contributed by atoms with Crippen molar-refractivity contribution in [2.24, 2.45) is 5.92 Å². The molecule has 1 aromatic carbocycles. The highest BCUT2D eigenvalue weighted by Crippen LogP contribution is 2.44. The lowest BCUT2D eigenvalue weighted by atomic mass is 9.73. The molecule has 2 nitrogen and oxygen atoms in total. The van der Waals surface area contributed by atoms with E-state index in [4.69, 9.17) is 0 Å². The van der Waals surface area contributed by atoms with Gasteiger partial charge in [0.2, 0.25) is 0 Å². The predicted octanol–water partition coefficient (Wildman–Crippen LogP) is 3.91. The lowest BCUT2D eigenvalue weighted by molar-refractivity contribution is 0.121. The number of halogens is 1. The molecule has 114 valence electrons. The van der Waals surface area contributed by atoms with Gasteiger partial charge in [-0.25, -0.2) is 0 Å². The highest BCUT2D eigenvalue weighted by molar-refractivity contribution is 7.98. The van der Waals surface area contributed by atoms with Crippen molar-refractivity contribution < 1.29 is 0 Å². The third-order valence-electron chi connectivity index (χ3n) is 5.21. The minimum atomic E-state index is 0. The lowest BCUT2D eigenvalue weighted by Crippen LogP contribution is -2.48. The van der Waals surface area contributed by atoms with Crippen molar-refractivity contribution in [3.63, 3.8) is 0 Å². The zero-order valence-corrected chi connectivity index (χ0v) is 14.3. The first kappa shape index (κ1) is 15.3. The Morgan fingerprint density at radius 2 is 2.24 bits per heavy atom. The van der Waals surface area contributed by atoms with Crippen LogP contribution in [0.4, 0.5) is 0 Å². The Hall–Kier alpha value is -0.640. The van der Waals surface area contributed by atoms with E-state index in [1.165, 1.54) is 41.6 Å². The summed E-state index contributed by atoms with van der Waals surface area (Å²) in [5.74, 6) is 2.86. The Balaban J connectivity index is 0.00000132. The molecule has 0 spiro atoms. The molecule has 21 heavy (non-hydrogen) atoms. The second-order valence-electron chi connectivity index (χ2n) is 6.46. The summed E-state index contributed by atoms with van der Waals surface area (Å²) >= 11 is 2.00. The van der Waals surface area contributed by atoms with E-state index in [1.54, 1.807) is 5.56 Å². The van der Waals surface area contributed by atoms with Crippen LogP contribution in [0.2, 0.25) is 0 Å². The normalized spacial score (nSPS) is 28.2. The molecule has 0 saturated carbocycles. The summed E-state index contributed by atoms with van der Waals surface area (Å²) in [7, 11) is 2.32. The van der Waals surface area contributed by atoms with Gasteiger partial charge in [0.05, 0.1) is 0 Å². The fraction of sp³-hybridized carbons (Fsp3) is 0.529. The molecule has 0 amide bonds. The molecule has 3 atom stereocenters. The second kappa shape index (κ2) is 5.86. The van der Waals surface area contributed by atoms with E-state index in [1.807, 2.05) is 11.8 Å². The van der Waals surface area contributed by atoms with Gasteiger partial charge in [-0.05, 0) is 55.0 Å². The average molecular weight is 323 g/mol. The second-order valence-corrected chi connectivity index (χ2v) is 7.37. The van der Waals surface area contributed by atoms with Gasteiger partial charge in [-0.3, -0.25) is 0 Å². The molecular formula is C17H23ClN2S. The first-order valence-electron chi connectivity index (χ1n) is 7.56. The van der Waals surface area contributed by atoms with E-state index in [9.17, 15) is 0 Å². The maximum atomic E-state index is 3.46. The van der Waals surface area contributed by atoms with E-state index in [-0.39, 0.29) is 12.4 Å². The molecule has 1 aliphatic heterocycles. The van der Waals surface area contributed by atoms with Crippen LogP contribution in [-0.2, 0) is 6.42 Å². The summed E-state index contributed by atoms with van der Waals surface area (Å²) in [4.78, 5) is 6.07. The van der Waals surface area contributed by atoms with Gasteiger partial charge in [-0.2, -0.15) is 11.8 Å². The van der Waals surface area contributed by atoms with Crippen LogP contribution in [0.1, 0.15) is 23.5 Å². The van der Waals surface area contributed by atoms with Crippen LogP contribution in [0.25, 0.3) is 10.9 Å². The Morgan fingerprint density at radius 3 is 3.05 bits per heavy atom. The smallest absolute Gasteiger partial charge is 0.0459 e. The van der Waals surface area contributed by atoms with Gasteiger partial charge in [-0.15, -0.1) is 12.4 Å². The summed E-state index contributed by atoms with van der Waals surface area (Å²) in [5, 5.41) is 1.52. The maximum absolute atomic E-state index is 3.46. The SMILES string of the molecule is CSC[C@@H]1CC2c3cccc4[nH]cc(c34)C[C@H]2N(C)C1.Cl. The summed E-state index contributed by atoms with van der Waals surface area (Å²) in [6, 6.07) is 7.50. The summed E-state index contributed by atoms with van der Waals surface area (Å²) < 4.78 is 0. The molecule has 4 heteroatoms. The number of piperidine rings is 1. The van der Waals surface area contributed by atoms with Crippen molar-refractivity contribution in [2.45, 2.75) is 24.8 Å². The number of fused-ring (bicyclic) bond motifs is 2. The monoisotopic (exact) mass is 322 g/mol. The van der Waals surface area contributed by atoms with Gasteiger partial charge in [0, 0.05) is 35.6 Å². The Morgan fingerprint density at radius 1 is 1.38 bits per heavy atom. The molecule has 1 aliphatic carbocycles. The zero-order chi connectivity index (χ0) is 13.7. The van der Waals surface area contributed by atoms with E-state index in [2.05, 4.69) is 47.6 Å². The van der Waals surface area contributed by atoms with Crippen LogP contribution in [-0.4, -0.2) is 41.5 Å². The fourth-order valence-electron chi connectivity index (χ4n) is 4.41. The van der Waals surface area contributed by atoms with Crippen LogP contribution >= 0.6 is 24.2 Å². The number of hydrogen-bond donors (Lipinski definition) is 1. The third kappa shape index (κ3) is 2.39. The number of aromatic amines is 1. The number of hydrogen-bond acceptors (Lipinski definition) is 2. The number of likely N-dealkylation sites (N-methyl/N-ethyl adjacent to an activating group) is 1. The highest BCUT2D eigenvalue weighted by Gasteiger charge is 2.38. The summed E-state index contributed by atoms with van der Waals surface area (Å²) in [6.07, 6.45) is 7.04. The summed E-state index contributed by atoms with van der Waals surface area (Å²) in [6.45, 7) is 1.26. The van der Waals surface area contributed by atoms with Crippen LogP contribution in [0.5, 0.6) is 0 Å². The molecular weight excluding hydrogens is 300 g/mol. The molecule has 1 unspecified atom stereocenters. The number of rotatable bonds is 2. The van der Waals surface area contributed by atoms with Crippen LogP contribution in [0.15, 0.2) is 24.4 Å². The number of benzene rings is 1. The third-order valence-corrected chi connectivity index (χ3v) is 6.02. The van der Waals surface area contributed by atoms with Crippen LogP contribution < -0.4 is 0 Å². The average Bonchev–Trinajstić information content (AvgIpc) is 2.86. The van der Waals surface area contributed by atoms with Gasteiger partial charge >= 0.3 is 0 Å². The van der Waals surface area contributed by atoms with Crippen molar-refractivity contribution in [1.29, 1.82) is 0 Å². The molecule has 1 N–H and O–H groups in total. The number of nitrogens with one attached hydrogen (secondary N) is 1. The molecule has 2 aromatic rings. The van der Waals surface area contributed by atoms with Crippen molar-refractivity contribution in [2.75, 3.05) is 25.6 Å². The van der Waals surface area contributed by atoms with Gasteiger partial charge in [0.25, 0.3) is 0 Å². The standard InChI is InChI=1S/C17H22N2S.ClH/c1-19-9-11(10-20-2)6-14-13-4-3-5-15-17(13)12(8-18-15)7-16(14)19;/h3-5,8,11,14,16,18H,6-7,9-10H2,1-2H3;1H/t11-,14?,16-;/m1./s1. The van der Waals surface area contributed by atoms with Gasteiger partial charge in [0.1, 0.15) is 0 Å². The van der Waals surface area contributed by atoms with Crippen molar-refractivity contribution in [1.82, 2.24) is 9.88 Å². The quantitative estimate of drug-likeness (QED) is 0.904. The Kier molecular flexibility index (Phi) is 4.26.